The summed E-state index contributed by atoms with van der Waals surface area (Å²) in [5.74, 6) is 0. The van der Waals surface area contributed by atoms with Gasteiger partial charge < -0.3 is 0 Å². The first kappa shape index (κ1) is 12.5. The van der Waals surface area contributed by atoms with E-state index in [2.05, 4.69) is 5.10 Å². The van der Waals surface area contributed by atoms with Gasteiger partial charge >= 0.3 is 0 Å². The molecule has 0 unspecified atom stereocenters. The molecule has 2 aromatic carbocycles. The van der Waals surface area contributed by atoms with Crippen LogP contribution in [0.25, 0.3) is 22.4 Å². The van der Waals surface area contributed by atoms with Crippen molar-refractivity contribution in [3.8, 4) is 22.4 Å². The smallest absolute Gasteiger partial charge is 0.274 e. The minimum atomic E-state index is -0.00675. The molecule has 0 aliphatic heterocycles. The maximum atomic E-state index is 12.4. The third-order valence-corrected chi connectivity index (χ3v) is 3.45. The standard InChI is InChI=1S/C17H16N2O/c1-12-8-10-13(11-9-12)15-16(18-19(2)17(15)20)14-6-4-3-5-7-14/h3-11,18H,1-2H3. The lowest BCUT2D eigenvalue weighted by molar-refractivity contribution is 0.743. The number of hydrogen-bond acceptors (Lipinski definition) is 1. The number of nitrogens with zero attached hydrogens (tertiary/aromatic N) is 1. The van der Waals surface area contributed by atoms with Crippen LogP contribution in [0.15, 0.2) is 59.4 Å². The van der Waals surface area contributed by atoms with E-state index in [0.29, 0.717) is 0 Å². The highest BCUT2D eigenvalue weighted by Crippen LogP contribution is 2.27. The van der Waals surface area contributed by atoms with Crippen LogP contribution in [0.4, 0.5) is 0 Å². The van der Waals surface area contributed by atoms with E-state index in [9.17, 15) is 4.79 Å². The van der Waals surface area contributed by atoms with E-state index in [1.165, 1.54) is 10.2 Å². The molecule has 3 aromatic rings. The van der Waals surface area contributed by atoms with Crippen LogP contribution >= 0.6 is 0 Å². The lowest BCUT2D eigenvalue weighted by Crippen LogP contribution is -2.13. The maximum Gasteiger partial charge on any atom is 0.274 e. The van der Waals surface area contributed by atoms with Gasteiger partial charge in [0.1, 0.15) is 0 Å². The van der Waals surface area contributed by atoms with Crippen molar-refractivity contribution in [1.82, 2.24) is 9.78 Å². The molecule has 0 spiro atoms. The van der Waals surface area contributed by atoms with Gasteiger partial charge in [0.05, 0.1) is 11.3 Å². The largest absolute Gasteiger partial charge is 0.295 e. The number of aryl methyl sites for hydroxylation is 2. The van der Waals surface area contributed by atoms with Gasteiger partial charge in [-0.1, -0.05) is 60.2 Å². The third kappa shape index (κ3) is 2.07. The fraction of sp³-hybridized carbons (Fsp3) is 0.118. The number of H-pyrrole nitrogens is 1. The van der Waals surface area contributed by atoms with Crippen molar-refractivity contribution in [2.24, 2.45) is 7.05 Å². The minimum Gasteiger partial charge on any atom is -0.295 e. The molecule has 0 radical (unpaired) electrons. The summed E-state index contributed by atoms with van der Waals surface area (Å²) >= 11 is 0. The van der Waals surface area contributed by atoms with E-state index in [1.807, 2.05) is 61.5 Å². The lowest BCUT2D eigenvalue weighted by Gasteiger charge is -2.03. The molecule has 3 rings (SSSR count). The summed E-state index contributed by atoms with van der Waals surface area (Å²) in [6, 6.07) is 18.0. The van der Waals surface area contributed by atoms with Gasteiger partial charge in [-0.3, -0.25) is 14.6 Å². The quantitative estimate of drug-likeness (QED) is 0.757. The van der Waals surface area contributed by atoms with E-state index in [-0.39, 0.29) is 5.56 Å². The van der Waals surface area contributed by atoms with Crippen LogP contribution in [-0.2, 0) is 7.05 Å². The van der Waals surface area contributed by atoms with Crippen molar-refractivity contribution in [1.29, 1.82) is 0 Å². The first-order valence-electron chi connectivity index (χ1n) is 6.58. The Balaban J connectivity index is 2.25. The first-order valence-corrected chi connectivity index (χ1v) is 6.58. The normalized spacial score (nSPS) is 10.7. The van der Waals surface area contributed by atoms with E-state index in [0.717, 1.165) is 22.4 Å². The van der Waals surface area contributed by atoms with Crippen LogP contribution in [0.1, 0.15) is 5.56 Å². The number of benzene rings is 2. The minimum absolute atomic E-state index is 0.00675. The zero-order valence-electron chi connectivity index (χ0n) is 11.6. The third-order valence-electron chi connectivity index (χ3n) is 3.45. The molecule has 0 amide bonds. The molecule has 20 heavy (non-hydrogen) atoms. The zero-order valence-corrected chi connectivity index (χ0v) is 11.6. The predicted octanol–water partition coefficient (Wildman–Crippen LogP) is 3.36. The van der Waals surface area contributed by atoms with E-state index in [1.54, 1.807) is 7.05 Å². The summed E-state index contributed by atoms with van der Waals surface area (Å²) < 4.78 is 1.53. The van der Waals surface area contributed by atoms with Gasteiger partial charge in [0.25, 0.3) is 5.56 Å². The first-order chi connectivity index (χ1) is 9.66. The van der Waals surface area contributed by atoms with Crippen LogP contribution in [-0.4, -0.2) is 9.78 Å². The molecule has 0 bridgehead atoms. The van der Waals surface area contributed by atoms with Crippen molar-refractivity contribution >= 4 is 0 Å². The summed E-state index contributed by atoms with van der Waals surface area (Å²) in [6.07, 6.45) is 0. The van der Waals surface area contributed by atoms with Crippen molar-refractivity contribution < 1.29 is 0 Å². The molecular weight excluding hydrogens is 248 g/mol. The Kier molecular flexibility index (Phi) is 3.03. The summed E-state index contributed by atoms with van der Waals surface area (Å²) in [4.78, 5) is 12.4. The molecule has 1 N–H and O–H groups in total. The highest BCUT2D eigenvalue weighted by molar-refractivity contribution is 5.80. The second kappa shape index (κ2) is 4.85. The second-order valence-corrected chi connectivity index (χ2v) is 4.96. The van der Waals surface area contributed by atoms with E-state index >= 15 is 0 Å². The van der Waals surface area contributed by atoms with Crippen molar-refractivity contribution in [3.05, 3.63) is 70.5 Å². The topological polar surface area (TPSA) is 37.8 Å². The summed E-state index contributed by atoms with van der Waals surface area (Å²) in [5.41, 5.74) is 4.72. The van der Waals surface area contributed by atoms with Gasteiger partial charge in [0.15, 0.2) is 0 Å². The zero-order chi connectivity index (χ0) is 14.1. The highest BCUT2D eigenvalue weighted by Gasteiger charge is 2.15. The van der Waals surface area contributed by atoms with Crippen LogP contribution in [0.5, 0.6) is 0 Å². The molecule has 1 aromatic heterocycles. The summed E-state index contributed by atoms with van der Waals surface area (Å²) in [6.45, 7) is 2.04. The molecule has 100 valence electrons. The number of nitrogens with one attached hydrogen (secondary N) is 1. The fourth-order valence-corrected chi connectivity index (χ4v) is 2.35. The fourth-order valence-electron chi connectivity index (χ4n) is 2.35. The molecule has 1 heterocycles. The maximum absolute atomic E-state index is 12.4. The van der Waals surface area contributed by atoms with Crippen molar-refractivity contribution in [2.75, 3.05) is 0 Å². The van der Waals surface area contributed by atoms with E-state index < -0.39 is 0 Å². The van der Waals surface area contributed by atoms with Gasteiger partial charge in [-0.15, -0.1) is 0 Å². The van der Waals surface area contributed by atoms with Crippen LogP contribution in [0.3, 0.4) is 0 Å². The lowest BCUT2D eigenvalue weighted by atomic mass is 10.0. The summed E-state index contributed by atoms with van der Waals surface area (Å²) in [7, 11) is 1.74. The van der Waals surface area contributed by atoms with Gasteiger partial charge in [-0.2, -0.15) is 0 Å². The summed E-state index contributed by atoms with van der Waals surface area (Å²) in [5, 5.41) is 3.15. The SMILES string of the molecule is Cc1ccc(-c2c(-c3ccccc3)[nH]n(C)c2=O)cc1. The monoisotopic (exact) mass is 264 g/mol. The number of rotatable bonds is 2. The van der Waals surface area contributed by atoms with Gasteiger partial charge in [-0.05, 0) is 12.5 Å². The average Bonchev–Trinajstić information content (AvgIpc) is 2.77. The molecule has 0 aliphatic carbocycles. The van der Waals surface area contributed by atoms with Gasteiger partial charge in [-0.25, -0.2) is 0 Å². The average molecular weight is 264 g/mol. The van der Waals surface area contributed by atoms with E-state index in [4.69, 9.17) is 0 Å². The Morgan fingerprint density at radius 2 is 1.55 bits per heavy atom. The Hall–Kier alpha value is -2.55. The molecule has 3 nitrogen and oxygen atoms in total. The molecule has 0 saturated heterocycles. The highest BCUT2D eigenvalue weighted by atomic mass is 16.1. The Morgan fingerprint density at radius 3 is 2.20 bits per heavy atom. The Morgan fingerprint density at radius 1 is 0.900 bits per heavy atom. The molecule has 0 atom stereocenters. The van der Waals surface area contributed by atoms with Crippen LogP contribution < -0.4 is 5.56 Å². The van der Waals surface area contributed by atoms with Crippen molar-refractivity contribution in [3.63, 3.8) is 0 Å². The number of hydrogen-bond donors (Lipinski definition) is 1. The molecular formula is C17H16N2O. The van der Waals surface area contributed by atoms with Crippen LogP contribution in [0, 0.1) is 6.92 Å². The Labute approximate surface area is 117 Å². The number of aromatic amines is 1. The predicted molar refractivity (Wildman–Crippen MR) is 81.6 cm³/mol. The number of aromatic nitrogens is 2. The molecule has 0 saturated carbocycles. The molecule has 0 fully saturated rings. The Bertz CT molecular complexity index is 780. The van der Waals surface area contributed by atoms with Crippen molar-refractivity contribution in [2.45, 2.75) is 6.92 Å². The van der Waals surface area contributed by atoms with Gasteiger partial charge in [0.2, 0.25) is 0 Å². The van der Waals surface area contributed by atoms with Crippen LogP contribution in [0.2, 0.25) is 0 Å². The van der Waals surface area contributed by atoms with Gasteiger partial charge in [0, 0.05) is 12.6 Å². The molecule has 0 aliphatic rings. The molecule has 3 heteroatoms. The second-order valence-electron chi connectivity index (χ2n) is 4.96.